The highest BCUT2D eigenvalue weighted by Gasteiger charge is 2.19. The monoisotopic (exact) mass is 284 g/mol. The van der Waals surface area contributed by atoms with E-state index >= 15 is 0 Å². The van der Waals surface area contributed by atoms with Crippen LogP contribution in [-0.4, -0.2) is 37.7 Å². The Morgan fingerprint density at radius 3 is 2.30 bits per heavy atom. The molecule has 2 unspecified atom stereocenters. The van der Waals surface area contributed by atoms with Crippen molar-refractivity contribution in [2.75, 3.05) is 13.2 Å². The van der Waals surface area contributed by atoms with E-state index < -0.39 is 18.5 Å². The van der Waals surface area contributed by atoms with Gasteiger partial charge in [0.2, 0.25) is 12.6 Å². The lowest BCUT2D eigenvalue weighted by atomic mass is 10.3. The van der Waals surface area contributed by atoms with Crippen LogP contribution in [0.5, 0.6) is 0 Å². The molecule has 2 aliphatic rings. The topological polar surface area (TPSA) is 71.1 Å². The van der Waals surface area contributed by atoms with Gasteiger partial charge in [-0.1, -0.05) is 6.08 Å². The van der Waals surface area contributed by atoms with E-state index in [2.05, 4.69) is 0 Å². The van der Waals surface area contributed by atoms with Crippen LogP contribution in [-0.2, 0) is 28.5 Å². The van der Waals surface area contributed by atoms with E-state index in [9.17, 15) is 9.59 Å². The molecule has 2 rings (SSSR count). The van der Waals surface area contributed by atoms with Crippen molar-refractivity contribution in [3.8, 4) is 0 Å². The summed E-state index contributed by atoms with van der Waals surface area (Å²) < 4.78 is 20.5. The number of ether oxygens (including phenoxy) is 4. The molecule has 2 fully saturated rings. The van der Waals surface area contributed by atoms with E-state index in [4.69, 9.17) is 18.9 Å². The summed E-state index contributed by atoms with van der Waals surface area (Å²) >= 11 is 0. The lowest BCUT2D eigenvalue weighted by molar-refractivity contribution is -0.170. The molecule has 0 aromatic carbocycles. The predicted molar refractivity (Wildman–Crippen MR) is 68.5 cm³/mol. The van der Waals surface area contributed by atoms with Gasteiger partial charge in [0.15, 0.2) is 0 Å². The number of esters is 2. The number of rotatable bonds is 6. The highest BCUT2D eigenvalue weighted by molar-refractivity contribution is 5.82. The van der Waals surface area contributed by atoms with E-state index in [1.165, 1.54) is 6.08 Å². The quantitative estimate of drug-likeness (QED) is 0.546. The first-order valence-electron chi connectivity index (χ1n) is 7.04. The molecule has 0 aromatic rings. The van der Waals surface area contributed by atoms with E-state index in [0.29, 0.717) is 19.6 Å². The molecule has 2 heterocycles. The molecule has 0 spiro atoms. The third kappa shape index (κ3) is 5.30. The second-order valence-corrected chi connectivity index (χ2v) is 4.75. The van der Waals surface area contributed by atoms with E-state index in [-0.39, 0.29) is 12.4 Å². The molecule has 0 N–H and O–H groups in total. The zero-order chi connectivity index (χ0) is 14.2. The fourth-order valence-corrected chi connectivity index (χ4v) is 2.04. The molecule has 20 heavy (non-hydrogen) atoms. The van der Waals surface area contributed by atoms with Gasteiger partial charge in [0.25, 0.3) is 0 Å². The second kappa shape index (κ2) is 8.01. The van der Waals surface area contributed by atoms with Gasteiger partial charge in [0.05, 0.1) is 13.2 Å². The summed E-state index contributed by atoms with van der Waals surface area (Å²) in [4.78, 5) is 22.8. The first-order valence-corrected chi connectivity index (χ1v) is 7.04. The number of carbonyl (C=O) groups is 2. The van der Waals surface area contributed by atoms with Crippen LogP contribution in [0.4, 0.5) is 0 Å². The van der Waals surface area contributed by atoms with Crippen molar-refractivity contribution >= 4 is 11.9 Å². The molecule has 2 aliphatic heterocycles. The summed E-state index contributed by atoms with van der Waals surface area (Å²) in [6, 6.07) is 0. The Kier molecular flexibility index (Phi) is 6.01. The summed E-state index contributed by atoms with van der Waals surface area (Å²) in [5.41, 5.74) is 0. The average Bonchev–Trinajstić information content (AvgIpc) is 3.08. The Morgan fingerprint density at radius 2 is 1.70 bits per heavy atom. The fraction of sp³-hybridized carbons (Fsp3) is 0.714. The summed E-state index contributed by atoms with van der Waals surface area (Å²) in [7, 11) is 0. The summed E-state index contributed by atoms with van der Waals surface area (Å²) in [6.07, 6.45) is 6.12. The lowest BCUT2D eigenvalue weighted by Gasteiger charge is -2.10. The van der Waals surface area contributed by atoms with Crippen molar-refractivity contribution < 1.29 is 28.5 Å². The average molecular weight is 284 g/mol. The maximum Gasteiger partial charge on any atom is 0.332 e. The molecular formula is C14H20O6. The van der Waals surface area contributed by atoms with Crippen LogP contribution in [0, 0.1) is 0 Å². The largest absolute Gasteiger partial charge is 0.436 e. The van der Waals surface area contributed by atoms with Gasteiger partial charge in [-0.2, -0.15) is 0 Å². The summed E-state index contributed by atoms with van der Waals surface area (Å²) in [5, 5.41) is 0. The highest BCUT2D eigenvalue weighted by Crippen LogP contribution is 2.15. The first kappa shape index (κ1) is 15.0. The van der Waals surface area contributed by atoms with Gasteiger partial charge >= 0.3 is 11.9 Å². The molecule has 0 bridgehead atoms. The smallest absolute Gasteiger partial charge is 0.332 e. The third-order valence-corrected chi connectivity index (χ3v) is 3.06. The normalized spacial score (nSPS) is 26.0. The minimum atomic E-state index is -0.440. The molecule has 112 valence electrons. The lowest BCUT2D eigenvalue weighted by Crippen LogP contribution is -2.16. The summed E-state index contributed by atoms with van der Waals surface area (Å²) in [6.45, 7) is 1.28. The van der Waals surface area contributed by atoms with Gasteiger partial charge in [0.1, 0.15) is 0 Å². The SMILES string of the molecule is O=C(/C=C/CCC(=O)OC1CCCO1)OC1CCCO1. The highest BCUT2D eigenvalue weighted by atomic mass is 16.7. The molecule has 0 amide bonds. The summed E-state index contributed by atoms with van der Waals surface area (Å²) in [5.74, 6) is -0.751. The van der Waals surface area contributed by atoms with Crippen LogP contribution in [0.25, 0.3) is 0 Å². The van der Waals surface area contributed by atoms with Crippen molar-refractivity contribution in [1.29, 1.82) is 0 Å². The van der Waals surface area contributed by atoms with E-state index in [1.807, 2.05) is 0 Å². The third-order valence-electron chi connectivity index (χ3n) is 3.06. The minimum Gasteiger partial charge on any atom is -0.436 e. The fourth-order valence-electron chi connectivity index (χ4n) is 2.04. The van der Waals surface area contributed by atoms with Gasteiger partial charge in [-0.3, -0.25) is 4.79 Å². The van der Waals surface area contributed by atoms with E-state index in [0.717, 1.165) is 25.7 Å². The first-order chi connectivity index (χ1) is 9.74. The van der Waals surface area contributed by atoms with Crippen molar-refractivity contribution in [2.24, 2.45) is 0 Å². The van der Waals surface area contributed by atoms with Crippen LogP contribution < -0.4 is 0 Å². The van der Waals surface area contributed by atoms with Gasteiger partial charge in [-0.05, 0) is 19.3 Å². The molecule has 0 aromatic heterocycles. The van der Waals surface area contributed by atoms with Gasteiger partial charge in [-0.15, -0.1) is 0 Å². The number of hydrogen-bond acceptors (Lipinski definition) is 6. The molecule has 6 nitrogen and oxygen atoms in total. The zero-order valence-electron chi connectivity index (χ0n) is 11.4. The molecule has 0 aliphatic carbocycles. The molecule has 2 atom stereocenters. The Bertz CT molecular complexity index is 353. The van der Waals surface area contributed by atoms with Crippen LogP contribution in [0.1, 0.15) is 38.5 Å². The Labute approximate surface area is 118 Å². The number of hydrogen-bond donors (Lipinski definition) is 0. The van der Waals surface area contributed by atoms with Crippen LogP contribution in [0.3, 0.4) is 0 Å². The minimum absolute atomic E-state index is 0.226. The Hall–Kier alpha value is -1.40. The van der Waals surface area contributed by atoms with Gasteiger partial charge in [-0.25, -0.2) is 4.79 Å². The van der Waals surface area contributed by atoms with Crippen LogP contribution in [0.2, 0.25) is 0 Å². The predicted octanol–water partition coefficient (Wildman–Crippen LogP) is 1.68. The van der Waals surface area contributed by atoms with Gasteiger partial charge in [0, 0.05) is 25.3 Å². The van der Waals surface area contributed by atoms with Crippen molar-refractivity contribution in [2.45, 2.75) is 51.1 Å². The Morgan fingerprint density at radius 1 is 1.05 bits per heavy atom. The maximum absolute atomic E-state index is 11.5. The van der Waals surface area contributed by atoms with Crippen LogP contribution >= 0.6 is 0 Å². The zero-order valence-corrected chi connectivity index (χ0v) is 11.4. The van der Waals surface area contributed by atoms with Crippen molar-refractivity contribution in [3.63, 3.8) is 0 Å². The number of carbonyl (C=O) groups excluding carboxylic acids is 2. The Balaban J connectivity index is 1.55. The maximum atomic E-state index is 11.5. The van der Waals surface area contributed by atoms with Crippen molar-refractivity contribution in [1.82, 2.24) is 0 Å². The molecule has 0 radical (unpaired) electrons. The number of allylic oxidation sites excluding steroid dienone is 1. The standard InChI is InChI=1S/C14H20O6/c15-11(19-13-7-3-9-17-13)5-1-2-6-12(16)20-14-8-4-10-18-14/h1,5,13-14H,2-4,6-10H2/b5-1+. The van der Waals surface area contributed by atoms with Crippen LogP contribution in [0.15, 0.2) is 12.2 Å². The molecule has 2 saturated heterocycles. The second-order valence-electron chi connectivity index (χ2n) is 4.75. The molecular weight excluding hydrogens is 264 g/mol. The molecule has 0 saturated carbocycles. The molecule has 6 heteroatoms. The van der Waals surface area contributed by atoms with Crippen molar-refractivity contribution in [3.05, 3.63) is 12.2 Å². The van der Waals surface area contributed by atoms with E-state index in [1.54, 1.807) is 6.08 Å². The van der Waals surface area contributed by atoms with Gasteiger partial charge < -0.3 is 18.9 Å².